The van der Waals surface area contributed by atoms with Crippen molar-refractivity contribution in [2.24, 2.45) is 0 Å². The van der Waals surface area contributed by atoms with E-state index in [0.717, 1.165) is 24.4 Å². The maximum Gasteiger partial charge on any atom is 0.260 e. The summed E-state index contributed by atoms with van der Waals surface area (Å²) >= 11 is 0. The van der Waals surface area contributed by atoms with Gasteiger partial charge < -0.3 is 19.7 Å². The van der Waals surface area contributed by atoms with Gasteiger partial charge in [-0.1, -0.05) is 25.1 Å². The van der Waals surface area contributed by atoms with Crippen LogP contribution in [0.1, 0.15) is 12.5 Å². The lowest BCUT2D eigenvalue weighted by Gasteiger charge is -2.26. The molecule has 1 fully saturated rings. The van der Waals surface area contributed by atoms with Crippen LogP contribution in [0, 0.1) is 0 Å². The van der Waals surface area contributed by atoms with Crippen molar-refractivity contribution in [3.05, 3.63) is 29.8 Å². The Kier molecular flexibility index (Phi) is 5.83. The van der Waals surface area contributed by atoms with Crippen molar-refractivity contribution in [3.63, 3.8) is 0 Å². The highest BCUT2D eigenvalue weighted by Crippen LogP contribution is 2.17. The van der Waals surface area contributed by atoms with E-state index in [2.05, 4.69) is 12.2 Å². The number of nitrogens with one attached hydrogen (secondary N) is 1. The summed E-state index contributed by atoms with van der Waals surface area (Å²) in [6.07, 6.45) is 0. The molecule has 1 saturated heterocycles. The first kappa shape index (κ1) is 14.8. The van der Waals surface area contributed by atoms with Crippen LogP contribution >= 0.6 is 0 Å². The molecule has 0 bridgehead atoms. The molecule has 1 N–H and O–H groups in total. The van der Waals surface area contributed by atoms with Crippen LogP contribution in [0.15, 0.2) is 24.3 Å². The molecule has 1 amide bonds. The lowest BCUT2D eigenvalue weighted by atomic mass is 10.2. The quantitative estimate of drug-likeness (QED) is 0.844. The van der Waals surface area contributed by atoms with Gasteiger partial charge in [0.05, 0.1) is 13.2 Å². The van der Waals surface area contributed by atoms with Gasteiger partial charge in [0.25, 0.3) is 5.91 Å². The highest BCUT2D eigenvalue weighted by atomic mass is 16.5. The van der Waals surface area contributed by atoms with E-state index in [9.17, 15) is 4.79 Å². The van der Waals surface area contributed by atoms with E-state index < -0.39 is 0 Å². The molecule has 2 rings (SSSR count). The second kappa shape index (κ2) is 7.87. The van der Waals surface area contributed by atoms with Gasteiger partial charge in [-0.3, -0.25) is 4.79 Å². The maximum atomic E-state index is 12.0. The lowest BCUT2D eigenvalue weighted by molar-refractivity contribution is -0.137. The lowest BCUT2D eigenvalue weighted by Crippen LogP contribution is -2.43. The summed E-state index contributed by atoms with van der Waals surface area (Å²) in [6, 6.07) is 7.81. The van der Waals surface area contributed by atoms with Gasteiger partial charge >= 0.3 is 0 Å². The number of hydrogen-bond donors (Lipinski definition) is 1. The number of morpholine rings is 1. The Morgan fingerprint density at radius 1 is 1.35 bits per heavy atom. The van der Waals surface area contributed by atoms with Crippen LogP contribution in [0.5, 0.6) is 5.75 Å². The van der Waals surface area contributed by atoms with Crippen molar-refractivity contribution < 1.29 is 14.3 Å². The van der Waals surface area contributed by atoms with Crippen LogP contribution in [0.3, 0.4) is 0 Å². The van der Waals surface area contributed by atoms with Crippen molar-refractivity contribution in [2.75, 3.05) is 39.5 Å². The van der Waals surface area contributed by atoms with E-state index >= 15 is 0 Å². The van der Waals surface area contributed by atoms with Gasteiger partial charge in [-0.15, -0.1) is 0 Å². The molecule has 0 atom stereocenters. The molecule has 0 aliphatic carbocycles. The number of para-hydroxylation sites is 1. The SMILES string of the molecule is CCNCc1ccccc1OCC(=O)N1CCOCC1. The summed E-state index contributed by atoms with van der Waals surface area (Å²) in [5.74, 6) is 0.793. The number of benzene rings is 1. The summed E-state index contributed by atoms with van der Waals surface area (Å²) < 4.78 is 10.9. The van der Waals surface area contributed by atoms with E-state index in [1.165, 1.54) is 0 Å². The zero-order chi connectivity index (χ0) is 14.2. The summed E-state index contributed by atoms with van der Waals surface area (Å²) in [5.41, 5.74) is 1.07. The summed E-state index contributed by atoms with van der Waals surface area (Å²) in [4.78, 5) is 13.8. The van der Waals surface area contributed by atoms with Crippen LogP contribution < -0.4 is 10.1 Å². The van der Waals surface area contributed by atoms with Crippen LogP contribution in [-0.4, -0.2) is 50.3 Å². The second-order valence-corrected chi connectivity index (χ2v) is 4.67. The third-order valence-electron chi connectivity index (χ3n) is 3.25. The standard InChI is InChI=1S/C15H22N2O3/c1-2-16-11-13-5-3-4-6-14(13)20-12-15(18)17-7-9-19-10-8-17/h3-6,16H,2,7-12H2,1H3. The Hall–Kier alpha value is -1.59. The van der Waals surface area contributed by atoms with Gasteiger partial charge in [0.15, 0.2) is 6.61 Å². The minimum absolute atomic E-state index is 0.0200. The van der Waals surface area contributed by atoms with Crippen LogP contribution in [0.25, 0.3) is 0 Å². The van der Waals surface area contributed by atoms with E-state index in [1.54, 1.807) is 4.90 Å². The number of rotatable bonds is 6. The van der Waals surface area contributed by atoms with Crippen molar-refractivity contribution in [3.8, 4) is 5.75 Å². The Bertz CT molecular complexity index is 431. The molecule has 5 nitrogen and oxygen atoms in total. The predicted octanol–water partition coefficient (Wildman–Crippen LogP) is 1.03. The molecule has 0 unspecified atom stereocenters. The van der Waals surface area contributed by atoms with E-state index in [0.29, 0.717) is 26.3 Å². The number of ether oxygens (including phenoxy) is 2. The number of nitrogens with zero attached hydrogens (tertiary/aromatic N) is 1. The first-order chi connectivity index (χ1) is 9.81. The largest absolute Gasteiger partial charge is 0.483 e. The molecule has 1 aromatic carbocycles. The van der Waals surface area contributed by atoms with Gasteiger partial charge in [-0.2, -0.15) is 0 Å². The van der Waals surface area contributed by atoms with Gasteiger partial charge in [-0.05, 0) is 12.6 Å². The molecule has 1 heterocycles. The zero-order valence-corrected chi connectivity index (χ0v) is 11.9. The Morgan fingerprint density at radius 2 is 2.10 bits per heavy atom. The van der Waals surface area contributed by atoms with Crippen molar-refractivity contribution in [1.82, 2.24) is 10.2 Å². The average molecular weight is 278 g/mol. The van der Waals surface area contributed by atoms with Gasteiger partial charge in [-0.25, -0.2) is 0 Å². The molecule has 20 heavy (non-hydrogen) atoms. The molecule has 0 aromatic heterocycles. The summed E-state index contributed by atoms with van der Waals surface area (Å²) in [7, 11) is 0. The molecule has 1 aliphatic rings. The normalized spacial score (nSPS) is 15.2. The third kappa shape index (κ3) is 4.21. The molecule has 1 aliphatic heterocycles. The number of amides is 1. The average Bonchev–Trinajstić information content (AvgIpc) is 2.52. The number of hydrogen-bond acceptors (Lipinski definition) is 4. The maximum absolute atomic E-state index is 12.0. The van der Waals surface area contributed by atoms with E-state index in [-0.39, 0.29) is 12.5 Å². The smallest absolute Gasteiger partial charge is 0.260 e. The molecule has 5 heteroatoms. The van der Waals surface area contributed by atoms with Crippen LogP contribution in [0.2, 0.25) is 0 Å². The predicted molar refractivity (Wildman–Crippen MR) is 76.7 cm³/mol. The minimum Gasteiger partial charge on any atom is -0.483 e. The molecular formula is C15H22N2O3. The fraction of sp³-hybridized carbons (Fsp3) is 0.533. The monoisotopic (exact) mass is 278 g/mol. The summed E-state index contributed by atoms with van der Waals surface area (Å²) in [5, 5.41) is 3.26. The molecule has 110 valence electrons. The Balaban J connectivity index is 1.87. The molecule has 0 radical (unpaired) electrons. The highest BCUT2D eigenvalue weighted by Gasteiger charge is 2.17. The fourth-order valence-corrected chi connectivity index (χ4v) is 2.09. The highest BCUT2D eigenvalue weighted by molar-refractivity contribution is 5.77. The molecular weight excluding hydrogens is 256 g/mol. The second-order valence-electron chi connectivity index (χ2n) is 4.67. The van der Waals surface area contributed by atoms with Crippen molar-refractivity contribution in [1.29, 1.82) is 0 Å². The summed E-state index contributed by atoms with van der Waals surface area (Å²) in [6.45, 7) is 6.34. The van der Waals surface area contributed by atoms with Crippen molar-refractivity contribution in [2.45, 2.75) is 13.5 Å². The Morgan fingerprint density at radius 3 is 2.85 bits per heavy atom. The zero-order valence-electron chi connectivity index (χ0n) is 11.9. The molecule has 1 aromatic rings. The number of carbonyl (C=O) groups excluding carboxylic acids is 1. The van der Waals surface area contributed by atoms with Crippen molar-refractivity contribution >= 4 is 5.91 Å². The third-order valence-corrected chi connectivity index (χ3v) is 3.25. The van der Waals surface area contributed by atoms with Crippen LogP contribution in [0.4, 0.5) is 0 Å². The number of carbonyl (C=O) groups is 1. The molecule has 0 spiro atoms. The topological polar surface area (TPSA) is 50.8 Å². The van der Waals surface area contributed by atoms with E-state index in [1.807, 2.05) is 24.3 Å². The Labute approximate surface area is 119 Å². The van der Waals surface area contributed by atoms with E-state index in [4.69, 9.17) is 9.47 Å². The minimum atomic E-state index is 0.0200. The van der Waals surface area contributed by atoms with Crippen LogP contribution in [-0.2, 0) is 16.1 Å². The molecule has 0 saturated carbocycles. The fourth-order valence-electron chi connectivity index (χ4n) is 2.09. The first-order valence-electron chi connectivity index (χ1n) is 7.08. The first-order valence-corrected chi connectivity index (χ1v) is 7.08. The van der Waals surface area contributed by atoms with Gasteiger partial charge in [0.1, 0.15) is 5.75 Å². The van der Waals surface area contributed by atoms with Gasteiger partial charge in [0, 0.05) is 25.2 Å². The van der Waals surface area contributed by atoms with Gasteiger partial charge in [0.2, 0.25) is 0 Å².